The van der Waals surface area contributed by atoms with Crippen molar-refractivity contribution in [1.29, 1.82) is 0 Å². The molecule has 0 spiro atoms. The summed E-state index contributed by atoms with van der Waals surface area (Å²) >= 11 is 6.13. The molecule has 0 bridgehead atoms. The Morgan fingerprint density at radius 2 is 1.93 bits per heavy atom. The predicted octanol–water partition coefficient (Wildman–Crippen LogP) is 3.86. The van der Waals surface area contributed by atoms with Crippen LogP contribution in [0.4, 0.5) is 17.1 Å². The number of amides is 2. The maximum Gasteiger partial charge on any atom is 0.271 e. The molecular weight excluding hydrogens is 370 g/mol. The molecule has 0 saturated carbocycles. The van der Waals surface area contributed by atoms with Gasteiger partial charge in [-0.3, -0.25) is 19.7 Å². The highest BCUT2D eigenvalue weighted by Gasteiger charge is 2.35. The Morgan fingerprint density at radius 3 is 2.59 bits per heavy atom. The summed E-state index contributed by atoms with van der Waals surface area (Å²) in [4.78, 5) is 36.9. The Hall–Kier alpha value is -2.93. The van der Waals surface area contributed by atoms with E-state index in [0.29, 0.717) is 22.0 Å². The summed E-state index contributed by atoms with van der Waals surface area (Å²) < 4.78 is 0. The SMILES string of the molecule is Cc1ccc(N2C[C@@H](C(=O)Nc3cc([N+](=O)[O-])ccc3C)CC2=O)cc1Cl. The Labute approximate surface area is 161 Å². The highest BCUT2D eigenvalue weighted by Crippen LogP contribution is 2.30. The van der Waals surface area contributed by atoms with E-state index in [-0.39, 0.29) is 30.5 Å². The highest BCUT2D eigenvalue weighted by molar-refractivity contribution is 6.31. The predicted molar refractivity (Wildman–Crippen MR) is 103 cm³/mol. The molecule has 27 heavy (non-hydrogen) atoms. The highest BCUT2D eigenvalue weighted by atomic mass is 35.5. The average Bonchev–Trinajstić information content (AvgIpc) is 3.01. The molecule has 0 unspecified atom stereocenters. The molecule has 2 aromatic carbocycles. The number of carbonyl (C=O) groups excluding carboxylic acids is 2. The fraction of sp³-hybridized carbons (Fsp3) is 0.263. The third-order valence-electron chi connectivity index (χ3n) is 4.65. The summed E-state index contributed by atoms with van der Waals surface area (Å²) in [5, 5.41) is 14.2. The van der Waals surface area contributed by atoms with Gasteiger partial charge in [-0.05, 0) is 37.1 Å². The van der Waals surface area contributed by atoms with Crippen LogP contribution >= 0.6 is 11.6 Å². The second-order valence-corrected chi connectivity index (χ2v) is 6.99. The molecule has 1 heterocycles. The van der Waals surface area contributed by atoms with Crippen molar-refractivity contribution in [2.75, 3.05) is 16.8 Å². The molecule has 0 aliphatic carbocycles. The zero-order valence-corrected chi connectivity index (χ0v) is 15.6. The number of non-ortho nitro benzene ring substituents is 1. The van der Waals surface area contributed by atoms with Gasteiger partial charge in [-0.2, -0.15) is 0 Å². The Balaban J connectivity index is 1.75. The van der Waals surface area contributed by atoms with Crippen LogP contribution in [0.5, 0.6) is 0 Å². The van der Waals surface area contributed by atoms with Gasteiger partial charge in [0.15, 0.2) is 0 Å². The molecule has 2 amide bonds. The van der Waals surface area contributed by atoms with Crippen molar-refractivity contribution in [3.05, 3.63) is 62.7 Å². The number of rotatable bonds is 4. The van der Waals surface area contributed by atoms with Crippen LogP contribution in [0.2, 0.25) is 5.02 Å². The van der Waals surface area contributed by atoms with Crippen molar-refractivity contribution >= 4 is 40.5 Å². The number of hydrogen-bond acceptors (Lipinski definition) is 4. The quantitative estimate of drug-likeness (QED) is 0.636. The summed E-state index contributed by atoms with van der Waals surface area (Å²) in [6.45, 7) is 3.85. The zero-order chi connectivity index (χ0) is 19.7. The summed E-state index contributed by atoms with van der Waals surface area (Å²) in [5.41, 5.74) is 2.54. The summed E-state index contributed by atoms with van der Waals surface area (Å²) in [6, 6.07) is 9.61. The number of hydrogen-bond donors (Lipinski definition) is 1. The maximum atomic E-state index is 12.6. The van der Waals surface area contributed by atoms with E-state index < -0.39 is 10.8 Å². The first-order chi connectivity index (χ1) is 12.8. The van der Waals surface area contributed by atoms with Gasteiger partial charge in [-0.15, -0.1) is 0 Å². The van der Waals surface area contributed by atoms with Crippen LogP contribution in [0, 0.1) is 29.9 Å². The fourth-order valence-electron chi connectivity index (χ4n) is 2.98. The number of nitrogens with one attached hydrogen (secondary N) is 1. The Bertz CT molecular complexity index is 945. The van der Waals surface area contributed by atoms with E-state index in [1.165, 1.54) is 17.0 Å². The lowest BCUT2D eigenvalue weighted by Gasteiger charge is -2.18. The van der Waals surface area contributed by atoms with Crippen molar-refractivity contribution in [3.63, 3.8) is 0 Å². The molecule has 0 radical (unpaired) electrons. The molecule has 0 aromatic heterocycles. The van der Waals surface area contributed by atoms with Crippen molar-refractivity contribution in [1.82, 2.24) is 0 Å². The van der Waals surface area contributed by atoms with Crippen LogP contribution in [0.1, 0.15) is 17.5 Å². The van der Waals surface area contributed by atoms with E-state index in [2.05, 4.69) is 5.32 Å². The van der Waals surface area contributed by atoms with Crippen LogP contribution in [-0.4, -0.2) is 23.3 Å². The van der Waals surface area contributed by atoms with Gasteiger partial charge in [-0.1, -0.05) is 23.7 Å². The number of halogens is 1. The third-order valence-corrected chi connectivity index (χ3v) is 5.06. The summed E-state index contributed by atoms with van der Waals surface area (Å²) in [5.74, 6) is -1.05. The molecule has 1 aliphatic heterocycles. The van der Waals surface area contributed by atoms with Crippen molar-refractivity contribution < 1.29 is 14.5 Å². The number of nitrogens with zero attached hydrogens (tertiary/aromatic N) is 2. The molecule has 140 valence electrons. The normalized spacial score (nSPS) is 16.5. The minimum atomic E-state index is -0.545. The van der Waals surface area contributed by atoms with E-state index in [9.17, 15) is 19.7 Å². The number of anilines is 2. The number of benzene rings is 2. The largest absolute Gasteiger partial charge is 0.325 e. The summed E-state index contributed by atoms with van der Waals surface area (Å²) in [6.07, 6.45) is 0.0747. The first kappa shape index (κ1) is 18.8. The molecule has 2 aromatic rings. The Kier molecular flexibility index (Phi) is 5.14. The number of aryl methyl sites for hydroxylation is 2. The number of nitro groups is 1. The molecular formula is C19H18ClN3O4. The maximum absolute atomic E-state index is 12.6. The topological polar surface area (TPSA) is 92.6 Å². The monoisotopic (exact) mass is 387 g/mol. The second kappa shape index (κ2) is 7.36. The molecule has 7 nitrogen and oxygen atoms in total. The van der Waals surface area contributed by atoms with Crippen LogP contribution in [-0.2, 0) is 9.59 Å². The number of carbonyl (C=O) groups is 2. The minimum absolute atomic E-state index is 0.0747. The lowest BCUT2D eigenvalue weighted by Crippen LogP contribution is -2.28. The van der Waals surface area contributed by atoms with Gasteiger partial charge < -0.3 is 10.2 Å². The van der Waals surface area contributed by atoms with E-state index in [0.717, 1.165) is 5.56 Å². The first-order valence-corrected chi connectivity index (χ1v) is 8.76. The van der Waals surface area contributed by atoms with Crippen molar-refractivity contribution in [3.8, 4) is 0 Å². The van der Waals surface area contributed by atoms with E-state index >= 15 is 0 Å². The molecule has 1 atom stereocenters. The van der Waals surface area contributed by atoms with Gasteiger partial charge in [0, 0.05) is 35.8 Å². The van der Waals surface area contributed by atoms with Crippen molar-refractivity contribution in [2.24, 2.45) is 5.92 Å². The standard InChI is InChI=1S/C19H18ClN3O4/c1-11-3-5-14(8-16(11)20)22-10-13(7-18(22)24)19(25)21-17-9-15(23(26)27)6-4-12(17)2/h3-6,8-9,13H,7,10H2,1-2H3,(H,21,25)/t13-/m0/s1. The average molecular weight is 388 g/mol. The fourth-order valence-corrected chi connectivity index (χ4v) is 3.15. The van der Waals surface area contributed by atoms with Gasteiger partial charge in [0.1, 0.15) is 0 Å². The van der Waals surface area contributed by atoms with Crippen LogP contribution < -0.4 is 10.2 Å². The van der Waals surface area contributed by atoms with Crippen LogP contribution in [0.15, 0.2) is 36.4 Å². The van der Waals surface area contributed by atoms with Crippen LogP contribution in [0.25, 0.3) is 0 Å². The van der Waals surface area contributed by atoms with E-state index in [4.69, 9.17) is 11.6 Å². The Morgan fingerprint density at radius 1 is 1.22 bits per heavy atom. The molecule has 8 heteroatoms. The third kappa shape index (κ3) is 3.93. The molecule has 1 N–H and O–H groups in total. The number of nitro benzene ring substituents is 1. The lowest BCUT2D eigenvalue weighted by molar-refractivity contribution is -0.384. The molecule has 1 aliphatic rings. The van der Waals surface area contributed by atoms with Gasteiger partial charge >= 0.3 is 0 Å². The molecule has 1 fully saturated rings. The van der Waals surface area contributed by atoms with Gasteiger partial charge in [-0.25, -0.2) is 0 Å². The molecule has 3 rings (SSSR count). The van der Waals surface area contributed by atoms with Gasteiger partial charge in [0.05, 0.1) is 16.5 Å². The summed E-state index contributed by atoms with van der Waals surface area (Å²) in [7, 11) is 0. The van der Waals surface area contributed by atoms with Gasteiger partial charge in [0.2, 0.25) is 11.8 Å². The molecule has 1 saturated heterocycles. The zero-order valence-electron chi connectivity index (χ0n) is 14.9. The van der Waals surface area contributed by atoms with E-state index in [1.807, 2.05) is 13.0 Å². The minimum Gasteiger partial charge on any atom is -0.325 e. The lowest BCUT2D eigenvalue weighted by atomic mass is 10.1. The van der Waals surface area contributed by atoms with E-state index in [1.54, 1.807) is 25.1 Å². The van der Waals surface area contributed by atoms with Gasteiger partial charge in [0.25, 0.3) is 5.69 Å². The van der Waals surface area contributed by atoms with Crippen molar-refractivity contribution in [2.45, 2.75) is 20.3 Å². The van der Waals surface area contributed by atoms with Crippen LogP contribution in [0.3, 0.4) is 0 Å². The first-order valence-electron chi connectivity index (χ1n) is 8.38. The second-order valence-electron chi connectivity index (χ2n) is 6.58. The smallest absolute Gasteiger partial charge is 0.271 e.